The van der Waals surface area contributed by atoms with E-state index in [2.05, 4.69) is 10.6 Å². The number of rotatable bonds is 5. The number of urea groups is 1. The van der Waals surface area contributed by atoms with Crippen LogP contribution >= 0.6 is 0 Å². The number of fused-ring (bicyclic) bond motifs is 2. The molecule has 2 saturated heterocycles. The van der Waals surface area contributed by atoms with E-state index in [0.29, 0.717) is 18.0 Å². The van der Waals surface area contributed by atoms with Crippen LogP contribution in [-0.4, -0.2) is 69.3 Å². The van der Waals surface area contributed by atoms with Gasteiger partial charge in [-0.15, -0.1) is 0 Å². The van der Waals surface area contributed by atoms with Crippen LogP contribution in [0.4, 0.5) is 14.9 Å². The van der Waals surface area contributed by atoms with Crippen LogP contribution in [0, 0.1) is 17.7 Å². The molecule has 3 atom stereocenters. The minimum atomic E-state index is -3.79. The summed E-state index contributed by atoms with van der Waals surface area (Å²) in [6.45, 7) is 4.20. The number of imide groups is 1. The SMILES string of the molecule is C[C@@H]1C[C@H](C)CN(S(=O)(=O)c2ccc(NC(=O)CN3C(=O)N[C@@]4(CCS(=O)(=O)c5ccc(F)cc54)C3=O)cc2)C1. The van der Waals surface area contributed by atoms with Gasteiger partial charge < -0.3 is 10.6 Å². The van der Waals surface area contributed by atoms with Crippen molar-refractivity contribution >= 4 is 43.4 Å². The molecule has 0 aliphatic carbocycles. The summed E-state index contributed by atoms with van der Waals surface area (Å²) in [5, 5.41) is 5.01. The molecule has 2 aromatic rings. The fourth-order valence-electron chi connectivity index (χ4n) is 5.77. The summed E-state index contributed by atoms with van der Waals surface area (Å²) >= 11 is 0. The number of carbonyl (C=O) groups is 3. The Hall–Kier alpha value is -3.36. The number of sulfonamides is 1. The lowest BCUT2D eigenvalue weighted by Crippen LogP contribution is -2.49. The highest BCUT2D eigenvalue weighted by Gasteiger charge is 2.56. The summed E-state index contributed by atoms with van der Waals surface area (Å²) in [4.78, 5) is 39.4. The molecule has 0 saturated carbocycles. The van der Waals surface area contributed by atoms with Crippen LogP contribution in [0.3, 0.4) is 0 Å². The number of hydrogen-bond donors (Lipinski definition) is 2. The van der Waals surface area contributed by atoms with Gasteiger partial charge >= 0.3 is 6.03 Å². The number of nitrogens with zero attached hydrogens (tertiary/aromatic N) is 2. The number of halogens is 1. The van der Waals surface area contributed by atoms with E-state index in [1.807, 2.05) is 13.8 Å². The monoisotopic (exact) mass is 592 g/mol. The van der Waals surface area contributed by atoms with Crippen molar-refractivity contribution < 1.29 is 35.6 Å². The first kappa shape index (κ1) is 28.2. The average Bonchev–Trinajstić information content (AvgIpc) is 3.11. The number of sulfone groups is 1. The molecule has 5 rings (SSSR count). The Bertz CT molecular complexity index is 1600. The van der Waals surface area contributed by atoms with E-state index in [1.165, 1.54) is 28.6 Å². The maximum absolute atomic E-state index is 14.1. The zero-order valence-corrected chi connectivity index (χ0v) is 23.5. The Morgan fingerprint density at radius 1 is 1.10 bits per heavy atom. The van der Waals surface area contributed by atoms with Crippen molar-refractivity contribution in [3.8, 4) is 0 Å². The van der Waals surface area contributed by atoms with Gasteiger partial charge in [-0.2, -0.15) is 4.31 Å². The van der Waals surface area contributed by atoms with Crippen LogP contribution in [0.5, 0.6) is 0 Å². The van der Waals surface area contributed by atoms with E-state index in [-0.39, 0.29) is 39.3 Å². The molecule has 3 aliphatic heterocycles. The minimum absolute atomic E-state index is 0.0842. The number of nitrogens with one attached hydrogen (secondary N) is 2. The Kier molecular flexibility index (Phi) is 6.99. The third-order valence-corrected chi connectivity index (χ3v) is 11.2. The Balaban J connectivity index is 1.30. The van der Waals surface area contributed by atoms with Gasteiger partial charge in [-0.25, -0.2) is 26.0 Å². The molecular weight excluding hydrogens is 563 g/mol. The lowest BCUT2D eigenvalue weighted by Gasteiger charge is -2.34. The van der Waals surface area contributed by atoms with Gasteiger partial charge in [0, 0.05) is 24.3 Å². The van der Waals surface area contributed by atoms with Crippen LogP contribution < -0.4 is 10.6 Å². The van der Waals surface area contributed by atoms with Crippen molar-refractivity contribution in [2.45, 2.75) is 42.0 Å². The van der Waals surface area contributed by atoms with Crippen molar-refractivity contribution in [3.63, 3.8) is 0 Å². The zero-order chi connectivity index (χ0) is 29.0. The van der Waals surface area contributed by atoms with E-state index in [0.717, 1.165) is 24.6 Å². The van der Waals surface area contributed by atoms with E-state index >= 15 is 0 Å². The Morgan fingerprint density at radius 2 is 1.75 bits per heavy atom. The molecule has 1 spiro atoms. The van der Waals surface area contributed by atoms with E-state index in [9.17, 15) is 35.6 Å². The lowest BCUT2D eigenvalue weighted by atomic mass is 9.86. The van der Waals surface area contributed by atoms with Gasteiger partial charge in [0.1, 0.15) is 17.9 Å². The first-order valence-electron chi connectivity index (χ1n) is 12.8. The highest BCUT2D eigenvalue weighted by atomic mass is 32.2. The molecule has 2 aromatic carbocycles. The van der Waals surface area contributed by atoms with Crippen LogP contribution in [0.1, 0.15) is 32.3 Å². The smallest absolute Gasteiger partial charge is 0.325 e. The number of benzene rings is 2. The number of anilines is 1. The van der Waals surface area contributed by atoms with Gasteiger partial charge in [0.15, 0.2) is 9.84 Å². The van der Waals surface area contributed by atoms with Gasteiger partial charge in [0.25, 0.3) is 5.91 Å². The number of hydrogen-bond acceptors (Lipinski definition) is 7. The molecule has 2 N–H and O–H groups in total. The summed E-state index contributed by atoms with van der Waals surface area (Å²) in [7, 11) is -7.50. The standard InChI is InChI=1S/C26H29FN4O7S2/c1-16-11-17(2)14-30(13-16)40(37,38)20-6-4-19(5-7-20)28-23(32)15-31-24(33)26(29-25(31)34)9-10-39(35,36)22-8-3-18(27)12-21(22)26/h3-8,12,16-17H,9-11,13-15H2,1-2H3,(H,28,32)(H,29,34)/t16-,17+,26-/m1/s1. The predicted octanol–water partition coefficient (Wildman–Crippen LogP) is 2.06. The van der Waals surface area contributed by atoms with Crippen LogP contribution in [0.2, 0.25) is 0 Å². The van der Waals surface area contributed by atoms with Crippen molar-refractivity contribution in [2.24, 2.45) is 11.8 Å². The van der Waals surface area contributed by atoms with E-state index in [1.54, 1.807) is 0 Å². The molecule has 0 bridgehead atoms. The van der Waals surface area contributed by atoms with Crippen molar-refractivity contribution in [3.05, 3.63) is 53.8 Å². The number of piperidine rings is 1. The third kappa shape index (κ3) is 4.88. The Labute approximate surface area is 231 Å². The quantitative estimate of drug-likeness (QED) is 0.399. The topological polar surface area (TPSA) is 150 Å². The van der Waals surface area contributed by atoms with Gasteiger partial charge in [-0.05, 0) is 67.1 Å². The van der Waals surface area contributed by atoms with Crippen molar-refractivity contribution in [2.75, 3.05) is 30.7 Å². The molecule has 2 fully saturated rings. The molecule has 3 heterocycles. The number of carbonyl (C=O) groups excluding carboxylic acids is 3. The summed E-state index contributed by atoms with van der Waals surface area (Å²) in [5.41, 5.74) is -1.73. The van der Waals surface area contributed by atoms with Gasteiger partial charge in [-0.3, -0.25) is 14.5 Å². The van der Waals surface area contributed by atoms with Crippen LogP contribution in [0.15, 0.2) is 52.3 Å². The first-order valence-corrected chi connectivity index (χ1v) is 15.9. The van der Waals surface area contributed by atoms with Gasteiger partial charge in [-0.1, -0.05) is 13.8 Å². The molecule has 0 radical (unpaired) electrons. The van der Waals surface area contributed by atoms with Gasteiger partial charge in [0.2, 0.25) is 15.9 Å². The normalized spacial score (nSPS) is 26.4. The third-order valence-electron chi connectivity index (χ3n) is 7.57. The summed E-state index contributed by atoms with van der Waals surface area (Å²) in [6.07, 6.45) is 0.650. The zero-order valence-electron chi connectivity index (χ0n) is 21.9. The molecule has 0 unspecified atom stereocenters. The Morgan fingerprint density at radius 3 is 2.40 bits per heavy atom. The fraction of sp³-hybridized carbons (Fsp3) is 0.423. The van der Waals surface area contributed by atoms with Crippen LogP contribution in [0.25, 0.3) is 0 Å². The maximum atomic E-state index is 14.1. The minimum Gasteiger partial charge on any atom is -0.325 e. The molecule has 40 heavy (non-hydrogen) atoms. The van der Waals surface area contributed by atoms with E-state index in [4.69, 9.17) is 0 Å². The molecule has 11 nitrogen and oxygen atoms in total. The highest BCUT2D eigenvalue weighted by molar-refractivity contribution is 7.91. The second kappa shape index (κ2) is 9.93. The first-order chi connectivity index (χ1) is 18.7. The van der Waals surface area contributed by atoms with Crippen molar-refractivity contribution in [1.29, 1.82) is 0 Å². The summed E-state index contributed by atoms with van der Waals surface area (Å²) < 4.78 is 66.8. The summed E-state index contributed by atoms with van der Waals surface area (Å²) in [6, 6.07) is 7.62. The molecule has 4 amide bonds. The summed E-state index contributed by atoms with van der Waals surface area (Å²) in [5.74, 6) is -2.33. The van der Waals surface area contributed by atoms with E-state index < -0.39 is 61.4 Å². The largest absolute Gasteiger partial charge is 0.325 e. The highest BCUT2D eigenvalue weighted by Crippen LogP contribution is 2.41. The molecule has 14 heteroatoms. The van der Waals surface area contributed by atoms with Gasteiger partial charge in [0.05, 0.1) is 15.5 Å². The molecule has 0 aromatic heterocycles. The van der Waals surface area contributed by atoms with Crippen molar-refractivity contribution in [1.82, 2.24) is 14.5 Å². The van der Waals surface area contributed by atoms with Crippen LogP contribution in [-0.2, 0) is 35.0 Å². The molecule has 3 aliphatic rings. The average molecular weight is 593 g/mol. The molecule has 214 valence electrons. The number of amides is 4. The molecular formula is C26H29FN4O7S2. The maximum Gasteiger partial charge on any atom is 0.325 e. The second-order valence-electron chi connectivity index (χ2n) is 10.8. The predicted molar refractivity (Wildman–Crippen MR) is 142 cm³/mol. The fourth-order valence-corrected chi connectivity index (χ4v) is 9.08. The second-order valence-corrected chi connectivity index (χ2v) is 14.8. The lowest BCUT2D eigenvalue weighted by molar-refractivity contribution is -0.134.